The topological polar surface area (TPSA) is 85.3 Å². The summed E-state index contributed by atoms with van der Waals surface area (Å²) in [5.74, 6) is -1.41. The van der Waals surface area contributed by atoms with Crippen LogP contribution in [-0.4, -0.2) is 54.0 Å². The van der Waals surface area contributed by atoms with Crippen LogP contribution in [0.3, 0.4) is 0 Å². The summed E-state index contributed by atoms with van der Waals surface area (Å²) in [7, 11) is 1.36. The van der Waals surface area contributed by atoms with Crippen molar-refractivity contribution in [2.45, 2.75) is 32.5 Å². The number of carboxylic acid groups (broad SMARTS) is 1. The van der Waals surface area contributed by atoms with Gasteiger partial charge in [0.2, 0.25) is 0 Å². The van der Waals surface area contributed by atoms with Crippen LogP contribution in [0.5, 0.6) is 11.5 Å². The van der Waals surface area contributed by atoms with Crippen molar-refractivity contribution in [3.8, 4) is 22.6 Å². The molecule has 1 heterocycles. The van der Waals surface area contributed by atoms with E-state index >= 15 is 0 Å². The number of carboxylic acids is 1. The molecule has 1 fully saturated rings. The predicted octanol–water partition coefficient (Wildman–Crippen LogP) is 4.20. The average Bonchev–Trinajstić information content (AvgIpc) is 2.62. The number of rotatable bonds is 5. The fourth-order valence-electron chi connectivity index (χ4n) is 3.02. The second-order valence-corrected chi connectivity index (χ2v) is 8.00. The number of aromatic carboxylic acids is 1. The molecule has 7 nitrogen and oxygen atoms in total. The van der Waals surface area contributed by atoms with Crippen molar-refractivity contribution in [3.63, 3.8) is 0 Å². The van der Waals surface area contributed by atoms with Crippen LogP contribution in [0.25, 0.3) is 11.1 Å². The van der Waals surface area contributed by atoms with Gasteiger partial charge in [0.25, 0.3) is 0 Å². The first-order chi connectivity index (χ1) is 14.1. The summed E-state index contributed by atoms with van der Waals surface area (Å²) in [6, 6.07) is 8.96. The van der Waals surface area contributed by atoms with Crippen molar-refractivity contribution in [2.24, 2.45) is 0 Å². The molecule has 0 saturated carbocycles. The number of carbonyl (C=O) groups is 2. The number of methoxy groups -OCH3 is 1. The molecule has 0 atom stereocenters. The number of halogens is 1. The van der Waals surface area contributed by atoms with Crippen LogP contribution in [0.2, 0.25) is 0 Å². The van der Waals surface area contributed by atoms with Crippen LogP contribution in [-0.2, 0) is 4.74 Å². The van der Waals surface area contributed by atoms with E-state index in [4.69, 9.17) is 14.2 Å². The summed E-state index contributed by atoms with van der Waals surface area (Å²) in [6.45, 7) is 5.99. The molecular weight excluding hydrogens is 393 g/mol. The van der Waals surface area contributed by atoms with Crippen LogP contribution in [0, 0.1) is 5.82 Å². The van der Waals surface area contributed by atoms with Crippen LogP contribution in [0.1, 0.15) is 31.1 Å². The Balaban J connectivity index is 1.79. The maximum Gasteiger partial charge on any atom is 0.410 e. The number of carbonyl (C=O) groups excluding carboxylic acids is 1. The zero-order chi connectivity index (χ0) is 22.1. The van der Waals surface area contributed by atoms with Gasteiger partial charge >= 0.3 is 12.1 Å². The highest BCUT2D eigenvalue weighted by Gasteiger charge is 2.35. The van der Waals surface area contributed by atoms with Crippen LogP contribution >= 0.6 is 0 Å². The Morgan fingerprint density at radius 1 is 1.17 bits per heavy atom. The van der Waals surface area contributed by atoms with E-state index in [0.717, 1.165) is 0 Å². The lowest BCUT2D eigenvalue weighted by Crippen LogP contribution is -2.57. The molecule has 8 heteroatoms. The fourth-order valence-corrected chi connectivity index (χ4v) is 3.02. The fraction of sp³-hybridized carbons (Fsp3) is 0.364. The summed E-state index contributed by atoms with van der Waals surface area (Å²) in [4.78, 5) is 25.1. The predicted molar refractivity (Wildman–Crippen MR) is 108 cm³/mol. The van der Waals surface area contributed by atoms with Gasteiger partial charge in [0.1, 0.15) is 17.5 Å². The number of benzene rings is 2. The van der Waals surface area contributed by atoms with E-state index in [1.165, 1.54) is 36.3 Å². The Morgan fingerprint density at radius 2 is 1.87 bits per heavy atom. The molecule has 30 heavy (non-hydrogen) atoms. The number of amides is 1. The minimum absolute atomic E-state index is 0.0342. The molecule has 3 rings (SSSR count). The highest BCUT2D eigenvalue weighted by Crippen LogP contribution is 2.33. The van der Waals surface area contributed by atoms with Crippen molar-refractivity contribution < 1.29 is 33.3 Å². The molecule has 2 aromatic carbocycles. The maximum atomic E-state index is 14.7. The third-order valence-corrected chi connectivity index (χ3v) is 4.45. The zero-order valence-corrected chi connectivity index (χ0v) is 17.3. The maximum absolute atomic E-state index is 14.7. The van der Waals surface area contributed by atoms with Gasteiger partial charge in [-0.05, 0) is 50.6 Å². The van der Waals surface area contributed by atoms with Gasteiger partial charge in [-0.3, -0.25) is 0 Å². The van der Waals surface area contributed by atoms with Gasteiger partial charge in [-0.25, -0.2) is 14.0 Å². The Bertz CT molecular complexity index is 963. The molecule has 1 saturated heterocycles. The lowest BCUT2D eigenvalue weighted by molar-refractivity contribution is -0.0221. The molecule has 0 bridgehead atoms. The minimum atomic E-state index is -1.16. The van der Waals surface area contributed by atoms with Crippen molar-refractivity contribution in [2.75, 3.05) is 20.2 Å². The largest absolute Gasteiger partial charge is 0.494 e. The van der Waals surface area contributed by atoms with Gasteiger partial charge in [0.15, 0.2) is 11.6 Å². The number of hydrogen-bond acceptors (Lipinski definition) is 5. The van der Waals surface area contributed by atoms with Gasteiger partial charge in [0.05, 0.1) is 25.8 Å². The van der Waals surface area contributed by atoms with E-state index in [0.29, 0.717) is 18.7 Å². The number of ether oxygens (including phenoxy) is 3. The molecule has 160 valence electrons. The van der Waals surface area contributed by atoms with E-state index < -0.39 is 23.5 Å². The molecule has 1 aliphatic heterocycles. The highest BCUT2D eigenvalue weighted by atomic mass is 19.1. The molecular formula is C22H24FNO6. The summed E-state index contributed by atoms with van der Waals surface area (Å²) >= 11 is 0. The first kappa shape index (κ1) is 21.4. The SMILES string of the molecule is COc1cccc(-c2cc(OC3CN(C(=O)OC(C)(C)C)C3)cc(C(=O)O)c2)c1F. The first-order valence-corrected chi connectivity index (χ1v) is 9.43. The second-order valence-electron chi connectivity index (χ2n) is 8.00. The van der Waals surface area contributed by atoms with Crippen molar-refractivity contribution in [1.29, 1.82) is 0 Å². The van der Waals surface area contributed by atoms with Gasteiger partial charge in [-0.2, -0.15) is 0 Å². The molecule has 1 amide bonds. The lowest BCUT2D eigenvalue weighted by Gasteiger charge is -2.39. The van der Waals surface area contributed by atoms with Gasteiger partial charge in [-0.1, -0.05) is 12.1 Å². The van der Waals surface area contributed by atoms with Gasteiger partial charge in [0, 0.05) is 5.56 Å². The summed E-state index contributed by atoms with van der Waals surface area (Å²) in [5, 5.41) is 9.44. The van der Waals surface area contributed by atoms with E-state index in [1.807, 2.05) is 0 Å². The van der Waals surface area contributed by atoms with E-state index in [-0.39, 0.29) is 28.7 Å². The normalized spacial score (nSPS) is 14.1. The Kier molecular flexibility index (Phi) is 5.87. The van der Waals surface area contributed by atoms with E-state index in [9.17, 15) is 19.1 Å². The molecule has 1 N–H and O–H groups in total. The summed E-state index contributed by atoms with van der Waals surface area (Å²) in [6.07, 6.45) is -0.745. The molecule has 1 aliphatic rings. The van der Waals surface area contributed by atoms with Crippen molar-refractivity contribution in [1.82, 2.24) is 4.90 Å². The number of likely N-dealkylation sites (tertiary alicyclic amines) is 1. The van der Waals surface area contributed by atoms with E-state index in [1.54, 1.807) is 32.9 Å². The number of nitrogens with zero attached hydrogens (tertiary/aromatic N) is 1. The minimum Gasteiger partial charge on any atom is -0.494 e. The Labute approximate surface area is 174 Å². The molecule has 0 unspecified atom stereocenters. The molecule has 2 aromatic rings. The van der Waals surface area contributed by atoms with Crippen LogP contribution in [0.4, 0.5) is 9.18 Å². The molecule has 0 spiro atoms. The van der Waals surface area contributed by atoms with Crippen molar-refractivity contribution in [3.05, 3.63) is 47.8 Å². The zero-order valence-electron chi connectivity index (χ0n) is 17.3. The Morgan fingerprint density at radius 3 is 2.47 bits per heavy atom. The standard InChI is InChI=1S/C22H24FNO6/c1-22(2,3)30-21(27)24-11-16(12-24)29-15-9-13(8-14(10-15)20(25)26)17-6-5-7-18(28-4)19(17)23/h5-10,16H,11-12H2,1-4H3,(H,25,26). The molecule has 0 aliphatic carbocycles. The van der Waals surface area contributed by atoms with Crippen molar-refractivity contribution >= 4 is 12.1 Å². The monoisotopic (exact) mass is 417 g/mol. The Hall–Kier alpha value is -3.29. The average molecular weight is 417 g/mol. The summed E-state index contributed by atoms with van der Waals surface area (Å²) in [5.41, 5.74) is -0.0712. The van der Waals surface area contributed by atoms with Gasteiger partial charge < -0.3 is 24.2 Å². The molecule has 0 aromatic heterocycles. The number of hydrogen-bond donors (Lipinski definition) is 1. The highest BCUT2D eigenvalue weighted by molar-refractivity contribution is 5.90. The van der Waals surface area contributed by atoms with Crippen LogP contribution in [0.15, 0.2) is 36.4 Å². The van der Waals surface area contributed by atoms with E-state index in [2.05, 4.69) is 0 Å². The van der Waals surface area contributed by atoms with Gasteiger partial charge in [-0.15, -0.1) is 0 Å². The van der Waals surface area contributed by atoms with Crippen LogP contribution < -0.4 is 9.47 Å². The third-order valence-electron chi connectivity index (χ3n) is 4.45. The quantitative estimate of drug-likeness (QED) is 0.785. The third kappa shape index (κ3) is 4.82. The smallest absolute Gasteiger partial charge is 0.410 e. The summed E-state index contributed by atoms with van der Waals surface area (Å²) < 4.78 is 30.8. The lowest BCUT2D eigenvalue weighted by atomic mass is 10.0. The molecule has 0 radical (unpaired) electrons. The second kappa shape index (κ2) is 8.22. The first-order valence-electron chi connectivity index (χ1n) is 9.43.